The molecule has 1 rings (SSSR count). The van der Waals surface area contributed by atoms with E-state index in [1.165, 1.54) is 0 Å². The van der Waals surface area contributed by atoms with E-state index in [1.807, 2.05) is 0 Å². The molecule has 0 aromatic heterocycles. The van der Waals surface area contributed by atoms with Crippen LogP contribution in [0.15, 0.2) is 0 Å². The molecule has 0 aromatic rings. The van der Waals surface area contributed by atoms with Crippen LogP contribution in [-0.2, 0) is 4.79 Å². The maximum atomic E-state index is 10.6. The van der Waals surface area contributed by atoms with Crippen molar-refractivity contribution < 1.29 is 9.90 Å². The summed E-state index contributed by atoms with van der Waals surface area (Å²) in [6.45, 7) is 7.99. The molecule has 0 aromatic carbocycles. The van der Waals surface area contributed by atoms with Gasteiger partial charge in [-0.1, -0.05) is 0 Å². The average Bonchev–Trinajstić information content (AvgIpc) is 2.30. The lowest BCUT2D eigenvalue weighted by molar-refractivity contribution is -0.141. The Morgan fingerprint density at radius 1 is 1.50 bits per heavy atom. The smallest absolute Gasteiger partial charge is 0.307 e. The van der Waals surface area contributed by atoms with Gasteiger partial charge < -0.3 is 5.11 Å². The van der Waals surface area contributed by atoms with Crippen molar-refractivity contribution >= 4 is 5.97 Å². The van der Waals surface area contributed by atoms with Crippen LogP contribution in [0.25, 0.3) is 0 Å². The predicted octanol–water partition coefficient (Wildman–Crippen LogP) is 1.19. The van der Waals surface area contributed by atoms with Crippen molar-refractivity contribution in [1.29, 1.82) is 0 Å². The normalized spacial score (nSPS) is 26.1. The Hall–Kier alpha value is -0.570. The molecule has 1 saturated heterocycles. The second-order valence-corrected chi connectivity index (χ2v) is 4.44. The van der Waals surface area contributed by atoms with Gasteiger partial charge in [0, 0.05) is 12.1 Å². The maximum absolute atomic E-state index is 10.6. The summed E-state index contributed by atoms with van der Waals surface area (Å²) in [7, 11) is 0. The number of carboxylic acid groups (broad SMARTS) is 1. The number of aliphatic carboxylic acids is 1. The van der Waals surface area contributed by atoms with Crippen LogP contribution in [0.2, 0.25) is 0 Å². The first-order valence-corrected chi connectivity index (χ1v) is 4.39. The van der Waals surface area contributed by atoms with E-state index in [0.717, 1.165) is 13.0 Å². The molecule has 1 heterocycles. The lowest BCUT2D eigenvalue weighted by Gasteiger charge is -2.31. The van der Waals surface area contributed by atoms with Gasteiger partial charge in [-0.25, -0.2) is 0 Å². The molecule has 0 spiro atoms. The van der Waals surface area contributed by atoms with E-state index >= 15 is 0 Å². The van der Waals surface area contributed by atoms with Gasteiger partial charge in [-0.15, -0.1) is 0 Å². The van der Waals surface area contributed by atoms with Gasteiger partial charge in [-0.3, -0.25) is 9.69 Å². The summed E-state index contributed by atoms with van der Waals surface area (Å²) in [5.41, 5.74) is 0.115. The van der Waals surface area contributed by atoms with Gasteiger partial charge in [0.25, 0.3) is 0 Å². The molecule has 1 N–H and O–H groups in total. The summed E-state index contributed by atoms with van der Waals surface area (Å²) >= 11 is 0. The Morgan fingerprint density at radius 2 is 2.08 bits per heavy atom. The van der Waals surface area contributed by atoms with Crippen molar-refractivity contribution in [3.8, 4) is 0 Å². The summed E-state index contributed by atoms with van der Waals surface area (Å²) in [6.07, 6.45) is 0.798. The molecule has 0 unspecified atom stereocenters. The van der Waals surface area contributed by atoms with Crippen molar-refractivity contribution in [2.45, 2.75) is 32.7 Å². The largest absolute Gasteiger partial charge is 0.481 e. The fourth-order valence-corrected chi connectivity index (χ4v) is 1.57. The van der Waals surface area contributed by atoms with E-state index in [4.69, 9.17) is 5.11 Å². The van der Waals surface area contributed by atoms with Crippen LogP contribution >= 0.6 is 0 Å². The molecule has 0 saturated carbocycles. The van der Waals surface area contributed by atoms with Crippen LogP contribution < -0.4 is 0 Å². The van der Waals surface area contributed by atoms with E-state index in [0.29, 0.717) is 6.54 Å². The Labute approximate surface area is 73.4 Å². The van der Waals surface area contributed by atoms with Gasteiger partial charge in [-0.2, -0.15) is 0 Å². The summed E-state index contributed by atoms with van der Waals surface area (Å²) < 4.78 is 0. The highest BCUT2D eigenvalue weighted by atomic mass is 16.4. The Bertz CT molecular complexity index is 183. The van der Waals surface area contributed by atoms with E-state index < -0.39 is 5.97 Å². The van der Waals surface area contributed by atoms with Crippen LogP contribution in [0.4, 0.5) is 0 Å². The summed E-state index contributed by atoms with van der Waals surface area (Å²) in [4.78, 5) is 12.9. The molecule has 12 heavy (non-hydrogen) atoms. The van der Waals surface area contributed by atoms with Crippen LogP contribution in [0.1, 0.15) is 27.2 Å². The summed E-state index contributed by atoms with van der Waals surface area (Å²) in [6, 6.07) is 0. The van der Waals surface area contributed by atoms with Gasteiger partial charge >= 0.3 is 5.97 Å². The van der Waals surface area contributed by atoms with Crippen molar-refractivity contribution in [3.05, 3.63) is 0 Å². The SMILES string of the molecule is CC(C)(C)N1CC[C@@H](C(=O)O)C1. The molecule has 3 nitrogen and oxygen atoms in total. The first kappa shape index (κ1) is 9.52. The fraction of sp³-hybridized carbons (Fsp3) is 0.889. The van der Waals surface area contributed by atoms with Crippen molar-refractivity contribution in [2.24, 2.45) is 5.92 Å². The zero-order chi connectivity index (χ0) is 9.35. The molecular weight excluding hydrogens is 154 g/mol. The quantitative estimate of drug-likeness (QED) is 0.644. The average molecular weight is 171 g/mol. The molecule has 70 valence electrons. The number of likely N-dealkylation sites (tertiary alicyclic amines) is 1. The van der Waals surface area contributed by atoms with Crippen LogP contribution in [0.5, 0.6) is 0 Å². The van der Waals surface area contributed by atoms with Crippen molar-refractivity contribution in [3.63, 3.8) is 0 Å². The zero-order valence-electron chi connectivity index (χ0n) is 8.00. The lowest BCUT2D eigenvalue weighted by Crippen LogP contribution is -2.39. The topological polar surface area (TPSA) is 40.5 Å². The minimum absolute atomic E-state index is 0.115. The number of carbonyl (C=O) groups is 1. The number of hydrogen-bond acceptors (Lipinski definition) is 2. The second kappa shape index (κ2) is 3.05. The molecular formula is C9H17NO2. The molecule has 0 radical (unpaired) electrons. The van der Waals surface area contributed by atoms with Gasteiger partial charge in [0.1, 0.15) is 0 Å². The highest BCUT2D eigenvalue weighted by molar-refractivity contribution is 5.70. The molecule has 0 bridgehead atoms. The highest BCUT2D eigenvalue weighted by Crippen LogP contribution is 2.24. The molecule has 1 aliphatic heterocycles. The first-order valence-electron chi connectivity index (χ1n) is 4.39. The van der Waals surface area contributed by atoms with Crippen LogP contribution in [0, 0.1) is 5.92 Å². The van der Waals surface area contributed by atoms with Gasteiger partial charge in [0.15, 0.2) is 0 Å². The van der Waals surface area contributed by atoms with Gasteiger partial charge in [-0.05, 0) is 33.7 Å². The number of rotatable bonds is 1. The minimum atomic E-state index is -0.651. The first-order chi connectivity index (χ1) is 5.41. The van der Waals surface area contributed by atoms with E-state index in [9.17, 15) is 4.79 Å². The Kier molecular flexibility index (Phi) is 2.42. The van der Waals surface area contributed by atoms with E-state index in [2.05, 4.69) is 25.7 Å². The van der Waals surface area contributed by atoms with Crippen molar-refractivity contribution in [2.75, 3.05) is 13.1 Å². The number of carboxylic acids is 1. The van der Waals surface area contributed by atoms with E-state index in [-0.39, 0.29) is 11.5 Å². The van der Waals surface area contributed by atoms with Crippen LogP contribution in [-0.4, -0.2) is 34.6 Å². The monoisotopic (exact) mass is 171 g/mol. The molecule has 0 aliphatic carbocycles. The zero-order valence-corrected chi connectivity index (χ0v) is 8.00. The number of hydrogen-bond donors (Lipinski definition) is 1. The summed E-state index contributed by atoms with van der Waals surface area (Å²) in [5.74, 6) is -0.800. The maximum Gasteiger partial charge on any atom is 0.307 e. The minimum Gasteiger partial charge on any atom is -0.481 e. The third-order valence-electron chi connectivity index (χ3n) is 2.49. The third kappa shape index (κ3) is 1.97. The number of nitrogens with zero attached hydrogens (tertiary/aromatic N) is 1. The van der Waals surface area contributed by atoms with Gasteiger partial charge in [0.2, 0.25) is 0 Å². The summed E-state index contributed by atoms with van der Waals surface area (Å²) in [5, 5.41) is 8.77. The Morgan fingerprint density at radius 3 is 2.33 bits per heavy atom. The lowest BCUT2D eigenvalue weighted by atomic mass is 10.1. The van der Waals surface area contributed by atoms with Gasteiger partial charge in [0.05, 0.1) is 5.92 Å². The standard InChI is InChI=1S/C9H17NO2/c1-9(2,3)10-5-4-7(6-10)8(11)12/h7H,4-6H2,1-3H3,(H,11,12)/t7-/m1/s1. The van der Waals surface area contributed by atoms with Crippen molar-refractivity contribution in [1.82, 2.24) is 4.90 Å². The highest BCUT2D eigenvalue weighted by Gasteiger charge is 2.33. The Balaban J connectivity index is 2.51. The predicted molar refractivity (Wildman–Crippen MR) is 47.1 cm³/mol. The van der Waals surface area contributed by atoms with E-state index in [1.54, 1.807) is 0 Å². The molecule has 3 heteroatoms. The molecule has 1 aliphatic rings. The van der Waals surface area contributed by atoms with Crippen LogP contribution in [0.3, 0.4) is 0 Å². The third-order valence-corrected chi connectivity index (χ3v) is 2.49. The fourth-order valence-electron chi connectivity index (χ4n) is 1.57. The molecule has 1 atom stereocenters. The second-order valence-electron chi connectivity index (χ2n) is 4.44. The molecule has 0 amide bonds. The molecule has 1 fully saturated rings.